The minimum atomic E-state index is -0.400. The van der Waals surface area contributed by atoms with Gasteiger partial charge in [0.05, 0.1) is 12.4 Å². The molecule has 0 aromatic carbocycles. The lowest BCUT2D eigenvalue weighted by atomic mass is 10.2. The third-order valence-electron chi connectivity index (χ3n) is 3.00. The molecule has 1 heterocycles. The van der Waals surface area contributed by atoms with E-state index < -0.39 is 5.82 Å². The Morgan fingerprint density at radius 1 is 1.31 bits per heavy atom. The van der Waals surface area contributed by atoms with Gasteiger partial charge in [-0.15, -0.1) is 0 Å². The maximum absolute atomic E-state index is 12.7. The highest BCUT2D eigenvalue weighted by molar-refractivity contribution is 5.31. The minimum Gasteiger partial charge on any atom is -0.337 e. The lowest BCUT2D eigenvalue weighted by molar-refractivity contribution is 0.580. The quantitative estimate of drug-likeness (QED) is 0.838. The Morgan fingerprint density at radius 2 is 1.94 bits per heavy atom. The molecule has 0 spiro atoms. The van der Waals surface area contributed by atoms with Gasteiger partial charge in [-0.05, 0) is 12.8 Å². The SMILES string of the molecule is NCCN(c1ncc(F)cn1)C1CCCC1. The van der Waals surface area contributed by atoms with Crippen molar-refractivity contribution in [3.05, 3.63) is 18.2 Å². The summed E-state index contributed by atoms with van der Waals surface area (Å²) in [5.74, 6) is 0.196. The summed E-state index contributed by atoms with van der Waals surface area (Å²) < 4.78 is 12.7. The Labute approximate surface area is 94.7 Å². The highest BCUT2D eigenvalue weighted by Crippen LogP contribution is 2.25. The number of anilines is 1. The molecule has 0 saturated heterocycles. The second kappa shape index (κ2) is 5.21. The van der Waals surface area contributed by atoms with Crippen LogP contribution < -0.4 is 10.6 Å². The van der Waals surface area contributed by atoms with Crippen molar-refractivity contribution in [2.24, 2.45) is 5.73 Å². The molecule has 0 amide bonds. The highest BCUT2D eigenvalue weighted by atomic mass is 19.1. The van der Waals surface area contributed by atoms with E-state index in [0.717, 1.165) is 19.4 Å². The molecule has 5 heteroatoms. The Kier molecular flexibility index (Phi) is 3.66. The Bertz CT molecular complexity index is 321. The first kappa shape index (κ1) is 11.3. The largest absolute Gasteiger partial charge is 0.337 e. The molecule has 2 rings (SSSR count). The Balaban J connectivity index is 2.14. The number of halogens is 1. The average Bonchev–Trinajstić information content (AvgIpc) is 2.81. The van der Waals surface area contributed by atoms with E-state index in [1.807, 2.05) is 0 Å². The average molecular weight is 224 g/mol. The van der Waals surface area contributed by atoms with Crippen LogP contribution in [-0.4, -0.2) is 29.1 Å². The molecule has 1 aromatic heterocycles. The number of hydrogen-bond donors (Lipinski definition) is 1. The molecular formula is C11H17FN4. The molecule has 0 radical (unpaired) electrons. The summed E-state index contributed by atoms with van der Waals surface area (Å²) >= 11 is 0. The maximum Gasteiger partial charge on any atom is 0.225 e. The van der Waals surface area contributed by atoms with Crippen LogP contribution in [-0.2, 0) is 0 Å². The summed E-state index contributed by atoms with van der Waals surface area (Å²) in [6.07, 6.45) is 7.21. The normalized spacial score (nSPS) is 16.6. The molecule has 1 fully saturated rings. The summed E-state index contributed by atoms with van der Waals surface area (Å²) in [4.78, 5) is 10.2. The molecule has 0 atom stereocenters. The van der Waals surface area contributed by atoms with Crippen LogP contribution in [0.15, 0.2) is 12.4 Å². The second-order valence-electron chi connectivity index (χ2n) is 4.12. The zero-order chi connectivity index (χ0) is 11.4. The molecule has 88 valence electrons. The number of nitrogens with zero attached hydrogens (tertiary/aromatic N) is 3. The molecule has 0 aliphatic heterocycles. The van der Waals surface area contributed by atoms with E-state index in [2.05, 4.69) is 14.9 Å². The lowest BCUT2D eigenvalue weighted by Crippen LogP contribution is -2.38. The first-order valence-corrected chi connectivity index (χ1v) is 5.75. The minimum absolute atomic E-state index is 0.400. The van der Waals surface area contributed by atoms with E-state index in [0.29, 0.717) is 18.5 Å². The van der Waals surface area contributed by atoms with Gasteiger partial charge in [0.25, 0.3) is 0 Å². The van der Waals surface area contributed by atoms with Gasteiger partial charge < -0.3 is 10.6 Å². The van der Waals surface area contributed by atoms with Gasteiger partial charge in [-0.25, -0.2) is 14.4 Å². The van der Waals surface area contributed by atoms with Crippen molar-refractivity contribution < 1.29 is 4.39 Å². The molecule has 0 bridgehead atoms. The van der Waals surface area contributed by atoms with Crippen molar-refractivity contribution in [3.8, 4) is 0 Å². The highest BCUT2D eigenvalue weighted by Gasteiger charge is 2.23. The number of rotatable bonds is 4. The third-order valence-corrected chi connectivity index (χ3v) is 3.00. The smallest absolute Gasteiger partial charge is 0.225 e. The topological polar surface area (TPSA) is 55.0 Å². The predicted octanol–water partition coefficient (Wildman–Crippen LogP) is 1.32. The summed E-state index contributed by atoms with van der Waals surface area (Å²) in [6.45, 7) is 1.30. The number of aromatic nitrogens is 2. The molecule has 2 N–H and O–H groups in total. The summed E-state index contributed by atoms with van der Waals surface area (Å²) in [6, 6.07) is 0.467. The van der Waals surface area contributed by atoms with Crippen LogP contribution in [0.1, 0.15) is 25.7 Å². The van der Waals surface area contributed by atoms with E-state index >= 15 is 0 Å². The van der Waals surface area contributed by atoms with Gasteiger partial charge in [0.1, 0.15) is 0 Å². The van der Waals surface area contributed by atoms with Gasteiger partial charge in [-0.1, -0.05) is 12.8 Å². The summed E-state index contributed by atoms with van der Waals surface area (Å²) in [5.41, 5.74) is 5.59. The van der Waals surface area contributed by atoms with Crippen molar-refractivity contribution >= 4 is 5.95 Å². The first-order chi connectivity index (χ1) is 7.81. The molecule has 1 aliphatic carbocycles. The van der Waals surface area contributed by atoms with Gasteiger partial charge in [0.15, 0.2) is 5.82 Å². The van der Waals surface area contributed by atoms with Gasteiger partial charge in [0, 0.05) is 19.1 Å². The predicted molar refractivity (Wildman–Crippen MR) is 60.6 cm³/mol. The van der Waals surface area contributed by atoms with Crippen LogP contribution in [0.25, 0.3) is 0 Å². The van der Waals surface area contributed by atoms with E-state index in [-0.39, 0.29) is 0 Å². The van der Waals surface area contributed by atoms with Crippen LogP contribution in [0, 0.1) is 5.82 Å². The molecule has 0 unspecified atom stereocenters. The van der Waals surface area contributed by atoms with Gasteiger partial charge in [-0.3, -0.25) is 0 Å². The van der Waals surface area contributed by atoms with E-state index in [1.54, 1.807) is 0 Å². The summed E-state index contributed by atoms with van der Waals surface area (Å²) in [5, 5.41) is 0. The fourth-order valence-corrected chi connectivity index (χ4v) is 2.25. The second-order valence-corrected chi connectivity index (χ2v) is 4.12. The Morgan fingerprint density at radius 3 is 2.50 bits per heavy atom. The maximum atomic E-state index is 12.7. The van der Waals surface area contributed by atoms with Crippen LogP contribution in [0.2, 0.25) is 0 Å². The van der Waals surface area contributed by atoms with Crippen molar-refractivity contribution in [2.45, 2.75) is 31.7 Å². The van der Waals surface area contributed by atoms with Crippen LogP contribution in [0.5, 0.6) is 0 Å². The van der Waals surface area contributed by atoms with Crippen molar-refractivity contribution in [1.29, 1.82) is 0 Å². The monoisotopic (exact) mass is 224 g/mol. The fourth-order valence-electron chi connectivity index (χ4n) is 2.25. The number of hydrogen-bond acceptors (Lipinski definition) is 4. The lowest BCUT2D eigenvalue weighted by Gasteiger charge is -2.28. The van der Waals surface area contributed by atoms with E-state index in [1.165, 1.54) is 25.2 Å². The fraction of sp³-hybridized carbons (Fsp3) is 0.636. The van der Waals surface area contributed by atoms with E-state index in [9.17, 15) is 4.39 Å². The molecule has 4 nitrogen and oxygen atoms in total. The molecule has 1 aliphatic rings. The van der Waals surface area contributed by atoms with Crippen LogP contribution in [0.3, 0.4) is 0 Å². The van der Waals surface area contributed by atoms with E-state index in [4.69, 9.17) is 5.73 Å². The molecule has 16 heavy (non-hydrogen) atoms. The zero-order valence-corrected chi connectivity index (χ0v) is 9.27. The first-order valence-electron chi connectivity index (χ1n) is 5.75. The molecule has 1 aromatic rings. The zero-order valence-electron chi connectivity index (χ0n) is 9.27. The molecular weight excluding hydrogens is 207 g/mol. The number of nitrogens with two attached hydrogens (primary N) is 1. The van der Waals surface area contributed by atoms with Gasteiger partial charge in [-0.2, -0.15) is 0 Å². The summed E-state index contributed by atoms with van der Waals surface area (Å²) in [7, 11) is 0. The molecule has 1 saturated carbocycles. The third kappa shape index (κ3) is 2.47. The van der Waals surface area contributed by atoms with Crippen molar-refractivity contribution in [1.82, 2.24) is 9.97 Å². The Hall–Kier alpha value is -1.23. The van der Waals surface area contributed by atoms with Crippen molar-refractivity contribution in [2.75, 3.05) is 18.0 Å². The van der Waals surface area contributed by atoms with Gasteiger partial charge in [0.2, 0.25) is 5.95 Å². The van der Waals surface area contributed by atoms with Gasteiger partial charge >= 0.3 is 0 Å². The van der Waals surface area contributed by atoms with Crippen LogP contribution in [0.4, 0.5) is 10.3 Å². The van der Waals surface area contributed by atoms with Crippen LogP contribution >= 0.6 is 0 Å². The van der Waals surface area contributed by atoms with Crippen molar-refractivity contribution in [3.63, 3.8) is 0 Å². The standard InChI is InChI=1S/C11H17FN4/c12-9-7-14-11(15-8-9)16(6-5-13)10-3-1-2-4-10/h7-8,10H,1-6,13H2.